The van der Waals surface area contributed by atoms with E-state index in [9.17, 15) is 5.11 Å². The lowest BCUT2D eigenvalue weighted by Crippen LogP contribution is -2.38. The summed E-state index contributed by atoms with van der Waals surface area (Å²) < 4.78 is 0. The Balaban J connectivity index is 1.94. The minimum absolute atomic E-state index is 0.376. The third kappa shape index (κ3) is 1.27. The second-order valence-corrected chi connectivity index (χ2v) is 7.59. The van der Waals surface area contributed by atoms with Gasteiger partial charge in [0, 0.05) is 0 Å². The molecule has 0 aromatic carbocycles. The first kappa shape index (κ1) is 11.1. The number of aliphatic hydroxyl groups is 1. The molecule has 1 N–H and O–H groups in total. The molecule has 0 aliphatic heterocycles. The van der Waals surface area contributed by atoms with Crippen molar-refractivity contribution in [3.8, 4) is 0 Å². The average Bonchev–Trinajstić information content (AvgIpc) is 2.51. The maximum Gasteiger partial charge on any atom is 0.0650 e. The molecule has 6 atom stereocenters. The standard InChI is InChI=1S/C15H26O/c1-9-5-6-10-12(9)13-11(14(13,2)3)7-8-15(10,4)16/h9-13,16H,5-8H2,1-4H3/t9?,10-,11+,12+,13+,15-/m1/s1. The first-order valence-electron chi connectivity index (χ1n) is 7.08. The summed E-state index contributed by atoms with van der Waals surface area (Å²) in [5.74, 6) is 4.03. The molecule has 0 bridgehead atoms. The molecule has 3 aliphatic carbocycles. The monoisotopic (exact) mass is 222 g/mol. The molecular formula is C15H26O. The third-order valence-electron chi connectivity index (χ3n) is 6.37. The zero-order valence-corrected chi connectivity index (χ0v) is 11.2. The minimum Gasteiger partial charge on any atom is -0.390 e. The Morgan fingerprint density at radius 1 is 1.00 bits per heavy atom. The van der Waals surface area contributed by atoms with Gasteiger partial charge < -0.3 is 5.11 Å². The van der Waals surface area contributed by atoms with Crippen LogP contribution in [-0.4, -0.2) is 10.7 Å². The minimum atomic E-state index is -0.376. The third-order valence-corrected chi connectivity index (χ3v) is 6.37. The van der Waals surface area contributed by atoms with E-state index >= 15 is 0 Å². The molecule has 0 aromatic heterocycles. The molecule has 0 radical (unpaired) electrons. The molecule has 3 fully saturated rings. The van der Waals surface area contributed by atoms with Crippen molar-refractivity contribution in [2.24, 2.45) is 35.0 Å². The van der Waals surface area contributed by atoms with Gasteiger partial charge in [-0.15, -0.1) is 0 Å². The first-order chi connectivity index (χ1) is 7.36. The second kappa shape index (κ2) is 3.04. The van der Waals surface area contributed by atoms with Crippen molar-refractivity contribution in [3.63, 3.8) is 0 Å². The van der Waals surface area contributed by atoms with E-state index in [0.717, 1.165) is 30.1 Å². The summed E-state index contributed by atoms with van der Waals surface area (Å²) in [6, 6.07) is 0. The quantitative estimate of drug-likeness (QED) is 0.665. The molecule has 0 aromatic rings. The highest BCUT2D eigenvalue weighted by molar-refractivity contribution is 5.14. The summed E-state index contributed by atoms with van der Waals surface area (Å²) in [6.07, 6.45) is 4.89. The van der Waals surface area contributed by atoms with Gasteiger partial charge in [0.25, 0.3) is 0 Å². The number of hydrogen-bond donors (Lipinski definition) is 1. The Labute approximate surface area is 99.6 Å². The Morgan fingerprint density at radius 2 is 1.69 bits per heavy atom. The van der Waals surface area contributed by atoms with E-state index in [1.807, 2.05) is 0 Å². The van der Waals surface area contributed by atoms with Gasteiger partial charge in [-0.05, 0) is 61.2 Å². The van der Waals surface area contributed by atoms with Crippen LogP contribution in [0.1, 0.15) is 53.4 Å². The Hall–Kier alpha value is -0.0400. The molecule has 3 aliphatic rings. The summed E-state index contributed by atoms with van der Waals surface area (Å²) in [4.78, 5) is 0. The highest BCUT2D eigenvalue weighted by atomic mass is 16.3. The van der Waals surface area contributed by atoms with E-state index < -0.39 is 0 Å². The molecule has 16 heavy (non-hydrogen) atoms. The van der Waals surface area contributed by atoms with E-state index in [1.165, 1.54) is 19.3 Å². The lowest BCUT2D eigenvalue weighted by atomic mass is 9.74. The number of hydrogen-bond acceptors (Lipinski definition) is 1. The molecule has 92 valence electrons. The van der Waals surface area contributed by atoms with Crippen LogP contribution in [0.5, 0.6) is 0 Å². The molecule has 3 saturated carbocycles. The lowest BCUT2D eigenvalue weighted by molar-refractivity contribution is -0.0302. The fourth-order valence-electron chi connectivity index (χ4n) is 5.29. The van der Waals surface area contributed by atoms with E-state index in [1.54, 1.807) is 0 Å². The van der Waals surface area contributed by atoms with Crippen LogP contribution < -0.4 is 0 Å². The smallest absolute Gasteiger partial charge is 0.0650 e. The largest absolute Gasteiger partial charge is 0.390 e. The van der Waals surface area contributed by atoms with Crippen LogP contribution in [0, 0.1) is 35.0 Å². The maximum atomic E-state index is 10.7. The predicted molar refractivity (Wildman–Crippen MR) is 66.0 cm³/mol. The zero-order valence-electron chi connectivity index (χ0n) is 11.2. The Bertz CT molecular complexity index is 305. The van der Waals surface area contributed by atoms with Crippen molar-refractivity contribution >= 4 is 0 Å². The van der Waals surface area contributed by atoms with Gasteiger partial charge in [-0.1, -0.05) is 27.2 Å². The van der Waals surface area contributed by atoms with Crippen molar-refractivity contribution in [1.29, 1.82) is 0 Å². The van der Waals surface area contributed by atoms with Crippen molar-refractivity contribution in [3.05, 3.63) is 0 Å². The molecule has 3 rings (SSSR count). The molecule has 0 amide bonds. The van der Waals surface area contributed by atoms with E-state index in [4.69, 9.17) is 0 Å². The molecule has 0 spiro atoms. The molecule has 1 unspecified atom stereocenters. The van der Waals surface area contributed by atoms with Crippen molar-refractivity contribution < 1.29 is 5.11 Å². The van der Waals surface area contributed by atoms with Gasteiger partial charge in [-0.2, -0.15) is 0 Å². The van der Waals surface area contributed by atoms with Crippen LogP contribution in [0.4, 0.5) is 0 Å². The fourth-order valence-corrected chi connectivity index (χ4v) is 5.29. The van der Waals surface area contributed by atoms with Gasteiger partial charge in [0.1, 0.15) is 0 Å². The second-order valence-electron chi connectivity index (χ2n) is 7.59. The van der Waals surface area contributed by atoms with Crippen LogP contribution >= 0.6 is 0 Å². The van der Waals surface area contributed by atoms with Gasteiger partial charge in [-0.25, -0.2) is 0 Å². The summed E-state index contributed by atoms with van der Waals surface area (Å²) in [5.41, 5.74) is 0.191. The number of rotatable bonds is 0. The molecular weight excluding hydrogens is 196 g/mol. The van der Waals surface area contributed by atoms with Crippen LogP contribution in [0.15, 0.2) is 0 Å². The van der Waals surface area contributed by atoms with Crippen LogP contribution in [0.2, 0.25) is 0 Å². The zero-order chi connectivity index (χ0) is 11.7. The highest BCUT2D eigenvalue weighted by Crippen LogP contribution is 2.71. The lowest BCUT2D eigenvalue weighted by Gasteiger charge is -2.35. The van der Waals surface area contributed by atoms with E-state index in [0.29, 0.717) is 11.3 Å². The summed E-state index contributed by atoms with van der Waals surface area (Å²) in [6.45, 7) is 9.41. The Kier molecular flexibility index (Phi) is 2.11. The van der Waals surface area contributed by atoms with E-state index in [-0.39, 0.29) is 5.60 Å². The SMILES string of the molecule is CC1CC[C@@H]2[C@H]1[C@@H]1[C@H](CC[C@@]2(C)O)C1(C)C. The summed E-state index contributed by atoms with van der Waals surface area (Å²) >= 11 is 0. The van der Waals surface area contributed by atoms with Gasteiger partial charge in [0.15, 0.2) is 0 Å². The van der Waals surface area contributed by atoms with Crippen molar-refractivity contribution in [2.75, 3.05) is 0 Å². The first-order valence-corrected chi connectivity index (χ1v) is 7.08. The van der Waals surface area contributed by atoms with Crippen LogP contribution in [0.3, 0.4) is 0 Å². The molecule has 0 heterocycles. The maximum absolute atomic E-state index is 10.7. The fraction of sp³-hybridized carbons (Fsp3) is 1.00. The average molecular weight is 222 g/mol. The molecule has 1 heteroatoms. The highest BCUT2D eigenvalue weighted by Gasteiger charge is 2.66. The summed E-state index contributed by atoms with van der Waals surface area (Å²) in [7, 11) is 0. The normalized spacial score (nSPS) is 58.7. The Morgan fingerprint density at radius 3 is 2.38 bits per heavy atom. The summed E-state index contributed by atoms with van der Waals surface area (Å²) in [5, 5.41) is 10.7. The van der Waals surface area contributed by atoms with Gasteiger partial charge in [-0.3, -0.25) is 0 Å². The van der Waals surface area contributed by atoms with Gasteiger partial charge >= 0.3 is 0 Å². The molecule has 1 nitrogen and oxygen atoms in total. The number of fused-ring (bicyclic) bond motifs is 3. The topological polar surface area (TPSA) is 20.2 Å². The van der Waals surface area contributed by atoms with Crippen LogP contribution in [-0.2, 0) is 0 Å². The van der Waals surface area contributed by atoms with Gasteiger partial charge in [0.2, 0.25) is 0 Å². The van der Waals surface area contributed by atoms with Gasteiger partial charge in [0.05, 0.1) is 5.60 Å². The predicted octanol–water partition coefficient (Wildman–Crippen LogP) is 3.47. The van der Waals surface area contributed by atoms with Crippen molar-refractivity contribution in [2.45, 2.75) is 59.0 Å². The van der Waals surface area contributed by atoms with Crippen molar-refractivity contribution in [1.82, 2.24) is 0 Å². The van der Waals surface area contributed by atoms with E-state index in [2.05, 4.69) is 27.7 Å². The van der Waals surface area contributed by atoms with Crippen LogP contribution in [0.25, 0.3) is 0 Å². The molecule has 0 saturated heterocycles.